The molecule has 3 rings (SSSR count). The van der Waals surface area contributed by atoms with Crippen LogP contribution in [0.15, 0.2) is 30.3 Å². The average molecular weight is 535 g/mol. The van der Waals surface area contributed by atoms with Gasteiger partial charge in [-0.2, -0.15) is 4.31 Å². The number of rotatable bonds is 9. The zero-order chi connectivity index (χ0) is 27.7. The van der Waals surface area contributed by atoms with Gasteiger partial charge in [-0.1, -0.05) is 52.0 Å². The fourth-order valence-electron chi connectivity index (χ4n) is 4.76. The highest BCUT2D eigenvalue weighted by molar-refractivity contribution is 7.88. The van der Waals surface area contributed by atoms with Crippen LogP contribution in [0.25, 0.3) is 17.2 Å². The largest absolute Gasteiger partial charge is 0.481 e. The summed E-state index contributed by atoms with van der Waals surface area (Å²) in [6.45, 7) is 8.20. The maximum Gasteiger partial charge on any atom is 0.305 e. The van der Waals surface area contributed by atoms with Crippen LogP contribution in [0.3, 0.4) is 0 Å². The number of benzene rings is 1. The molecule has 0 saturated carbocycles. The van der Waals surface area contributed by atoms with Gasteiger partial charge < -0.3 is 15.3 Å². The zero-order valence-corrected chi connectivity index (χ0v) is 22.6. The normalized spacial score (nSPS) is 17.6. The molecule has 37 heavy (non-hydrogen) atoms. The second-order valence-electron chi connectivity index (χ2n) is 10.6. The highest BCUT2D eigenvalue weighted by atomic mass is 32.2. The molecule has 0 saturated heterocycles. The molecule has 0 aliphatic carbocycles. The molecule has 202 valence electrons. The predicted molar refractivity (Wildman–Crippen MR) is 140 cm³/mol. The molecule has 3 N–H and O–H groups in total. The Hall–Kier alpha value is -2.66. The first-order chi connectivity index (χ1) is 17.1. The molecule has 0 radical (unpaired) electrons. The molecule has 10 heteroatoms. The van der Waals surface area contributed by atoms with Crippen LogP contribution < -0.4 is 0 Å². The second kappa shape index (κ2) is 11.0. The Morgan fingerprint density at radius 3 is 2.38 bits per heavy atom. The maximum atomic E-state index is 13.8. The zero-order valence-electron chi connectivity index (χ0n) is 21.8. The number of hydrogen-bond acceptors (Lipinski definition) is 6. The molecule has 0 amide bonds. The molecular weight excluding hydrogens is 499 g/mol. The first-order valence-electron chi connectivity index (χ1n) is 12.1. The van der Waals surface area contributed by atoms with Gasteiger partial charge in [0.1, 0.15) is 5.82 Å². The van der Waals surface area contributed by atoms with Gasteiger partial charge in [0.15, 0.2) is 0 Å². The Kier molecular flexibility index (Phi) is 8.58. The molecule has 1 aliphatic rings. The van der Waals surface area contributed by atoms with Crippen LogP contribution in [0.2, 0.25) is 0 Å². The van der Waals surface area contributed by atoms with Crippen LogP contribution in [0.1, 0.15) is 69.0 Å². The minimum Gasteiger partial charge on any atom is -0.481 e. The van der Waals surface area contributed by atoms with Gasteiger partial charge in [-0.3, -0.25) is 9.78 Å². The molecule has 0 spiro atoms. The van der Waals surface area contributed by atoms with Crippen molar-refractivity contribution in [2.45, 2.75) is 70.6 Å². The fourth-order valence-corrected chi connectivity index (χ4v) is 5.68. The summed E-state index contributed by atoms with van der Waals surface area (Å²) in [4.78, 5) is 15.9. The van der Waals surface area contributed by atoms with Crippen molar-refractivity contribution in [3.8, 4) is 11.1 Å². The molecule has 8 nitrogen and oxygen atoms in total. The molecule has 0 bridgehead atoms. The van der Waals surface area contributed by atoms with E-state index in [0.717, 1.165) is 11.4 Å². The van der Waals surface area contributed by atoms with Crippen molar-refractivity contribution in [2.24, 2.45) is 0 Å². The Bertz CT molecular complexity index is 1290. The van der Waals surface area contributed by atoms with E-state index < -0.39 is 45.9 Å². The SMILES string of the molecule is CC(C)c1nc2c(c(-c3ccc(F)cc3)c1/C=C/[C@@H](O)C[C@@H](O)CC(=O)O)CN(S(C)(=O)=O)CC2(C)C. The molecule has 2 aromatic rings. The van der Waals surface area contributed by atoms with E-state index in [9.17, 15) is 27.8 Å². The Balaban J connectivity index is 2.25. The van der Waals surface area contributed by atoms with E-state index in [1.165, 1.54) is 28.8 Å². The number of aliphatic hydroxyl groups excluding tert-OH is 2. The van der Waals surface area contributed by atoms with Crippen molar-refractivity contribution < 1.29 is 32.9 Å². The van der Waals surface area contributed by atoms with Crippen molar-refractivity contribution in [3.05, 3.63) is 58.7 Å². The highest BCUT2D eigenvalue weighted by Gasteiger charge is 2.39. The van der Waals surface area contributed by atoms with Gasteiger partial charge in [-0.25, -0.2) is 12.8 Å². The van der Waals surface area contributed by atoms with Gasteiger partial charge in [0, 0.05) is 30.5 Å². The van der Waals surface area contributed by atoms with E-state index in [0.29, 0.717) is 22.3 Å². The van der Waals surface area contributed by atoms with Gasteiger partial charge in [0.2, 0.25) is 10.0 Å². The van der Waals surface area contributed by atoms with E-state index in [-0.39, 0.29) is 25.4 Å². The summed E-state index contributed by atoms with van der Waals surface area (Å²) in [5.74, 6) is -1.61. The molecular formula is C27H35FN2O6S. The molecule has 0 fully saturated rings. The number of pyridine rings is 1. The van der Waals surface area contributed by atoms with Crippen molar-refractivity contribution in [2.75, 3.05) is 12.8 Å². The lowest BCUT2D eigenvalue weighted by molar-refractivity contribution is -0.139. The predicted octanol–water partition coefficient (Wildman–Crippen LogP) is 3.66. The number of hydrogen-bond donors (Lipinski definition) is 3. The van der Waals surface area contributed by atoms with E-state index in [1.54, 1.807) is 18.2 Å². The number of halogens is 1. The summed E-state index contributed by atoms with van der Waals surface area (Å²) in [6, 6.07) is 5.94. The number of sulfonamides is 1. The summed E-state index contributed by atoms with van der Waals surface area (Å²) in [5, 5.41) is 29.3. The standard InChI is InChI=1S/C27H35FN2O6S/c1-16(2)25-21(11-10-19(31)12-20(32)13-23(33)34)24(17-6-8-18(28)9-7-17)22-14-30(37(5,35)36)15-27(3,4)26(22)29-25/h6-11,16,19-20,31-32H,12-15H2,1-5H3,(H,33,34)/b11-10+/t19-,20-/m1/s1. The topological polar surface area (TPSA) is 128 Å². The van der Waals surface area contributed by atoms with Crippen molar-refractivity contribution in [3.63, 3.8) is 0 Å². The van der Waals surface area contributed by atoms with Crippen molar-refractivity contribution in [1.29, 1.82) is 0 Å². The Morgan fingerprint density at radius 1 is 1.22 bits per heavy atom. The highest BCUT2D eigenvalue weighted by Crippen LogP contribution is 2.42. The number of carboxylic acids is 1. The molecule has 1 aromatic carbocycles. The maximum absolute atomic E-state index is 13.8. The number of aliphatic carboxylic acids is 1. The Labute approximate surface area is 217 Å². The number of aromatic nitrogens is 1. The minimum absolute atomic E-state index is 0.0392. The van der Waals surface area contributed by atoms with E-state index in [1.807, 2.05) is 27.7 Å². The van der Waals surface area contributed by atoms with Gasteiger partial charge >= 0.3 is 5.97 Å². The lowest BCUT2D eigenvalue weighted by Crippen LogP contribution is -2.45. The van der Waals surface area contributed by atoms with Crippen LogP contribution in [0.4, 0.5) is 4.39 Å². The number of carboxylic acid groups (broad SMARTS) is 1. The Morgan fingerprint density at radius 2 is 1.84 bits per heavy atom. The first-order valence-corrected chi connectivity index (χ1v) is 14.0. The van der Waals surface area contributed by atoms with E-state index >= 15 is 0 Å². The number of aliphatic hydroxyl groups is 2. The summed E-state index contributed by atoms with van der Waals surface area (Å²) < 4.78 is 40.4. The van der Waals surface area contributed by atoms with E-state index in [2.05, 4.69) is 0 Å². The molecule has 2 heterocycles. The summed E-state index contributed by atoms with van der Waals surface area (Å²) in [7, 11) is -3.52. The molecule has 0 unspecified atom stereocenters. The summed E-state index contributed by atoms with van der Waals surface area (Å²) in [5.41, 5.74) is 3.63. The summed E-state index contributed by atoms with van der Waals surface area (Å²) in [6.07, 6.45) is 1.31. The number of fused-ring (bicyclic) bond motifs is 1. The van der Waals surface area contributed by atoms with Gasteiger partial charge in [-0.15, -0.1) is 0 Å². The van der Waals surface area contributed by atoms with Crippen LogP contribution in [0, 0.1) is 5.82 Å². The fraction of sp³-hybridized carbons (Fsp3) is 0.481. The molecule has 1 aromatic heterocycles. The third kappa shape index (κ3) is 6.81. The minimum atomic E-state index is -3.52. The first kappa shape index (κ1) is 28.9. The van der Waals surface area contributed by atoms with Crippen LogP contribution in [-0.2, 0) is 26.8 Å². The quantitative estimate of drug-likeness (QED) is 0.448. The van der Waals surface area contributed by atoms with E-state index in [4.69, 9.17) is 10.1 Å². The van der Waals surface area contributed by atoms with Crippen molar-refractivity contribution >= 4 is 22.1 Å². The van der Waals surface area contributed by atoms with Gasteiger partial charge in [0.25, 0.3) is 0 Å². The smallest absolute Gasteiger partial charge is 0.305 e. The third-order valence-corrected chi connectivity index (χ3v) is 7.67. The monoisotopic (exact) mass is 534 g/mol. The second-order valence-corrected chi connectivity index (χ2v) is 12.6. The average Bonchev–Trinajstić information content (AvgIpc) is 2.75. The van der Waals surface area contributed by atoms with Gasteiger partial charge in [0.05, 0.1) is 36.3 Å². The van der Waals surface area contributed by atoms with Crippen molar-refractivity contribution in [1.82, 2.24) is 9.29 Å². The lowest BCUT2D eigenvalue weighted by atomic mass is 9.78. The number of carbonyl (C=O) groups is 1. The molecule has 2 atom stereocenters. The van der Waals surface area contributed by atoms with Gasteiger partial charge in [-0.05, 0) is 34.7 Å². The van der Waals surface area contributed by atoms with Crippen LogP contribution >= 0.6 is 0 Å². The molecule has 1 aliphatic heterocycles. The third-order valence-electron chi connectivity index (χ3n) is 6.47. The van der Waals surface area contributed by atoms with Crippen LogP contribution in [0.5, 0.6) is 0 Å². The summed E-state index contributed by atoms with van der Waals surface area (Å²) >= 11 is 0. The lowest BCUT2D eigenvalue weighted by Gasteiger charge is -2.40. The number of nitrogens with zero attached hydrogens (tertiary/aromatic N) is 2. The van der Waals surface area contributed by atoms with Crippen LogP contribution in [-0.4, -0.2) is 64.0 Å².